The first-order valence-electron chi connectivity index (χ1n) is 6.83. The van der Waals surface area contributed by atoms with Crippen molar-refractivity contribution in [2.24, 2.45) is 0 Å². The Morgan fingerprint density at radius 1 is 1.33 bits per heavy atom. The standard InChI is InChI=1S/C16H15BrFNOS/c1-2-5-19-16(11-8-15(17)21-9-11)14-7-10-6-12(18)3-4-13(10)20-14/h3-4,6-9,16,19H,2,5H2,1H3. The summed E-state index contributed by atoms with van der Waals surface area (Å²) in [6.45, 7) is 3.02. The Bertz CT molecular complexity index is 752. The van der Waals surface area contributed by atoms with Gasteiger partial charge in [0, 0.05) is 5.39 Å². The molecule has 5 heteroatoms. The van der Waals surface area contributed by atoms with Crippen molar-refractivity contribution in [2.75, 3.05) is 6.54 Å². The highest BCUT2D eigenvalue weighted by molar-refractivity contribution is 9.11. The van der Waals surface area contributed by atoms with Gasteiger partial charge in [-0.1, -0.05) is 6.92 Å². The molecule has 0 fully saturated rings. The molecule has 1 atom stereocenters. The summed E-state index contributed by atoms with van der Waals surface area (Å²) in [5.74, 6) is 0.570. The van der Waals surface area contributed by atoms with Gasteiger partial charge in [-0.3, -0.25) is 0 Å². The number of hydrogen-bond donors (Lipinski definition) is 1. The minimum absolute atomic E-state index is 0.0111. The van der Waals surface area contributed by atoms with Gasteiger partial charge in [-0.05, 0) is 70.2 Å². The Morgan fingerprint density at radius 3 is 2.90 bits per heavy atom. The summed E-state index contributed by atoms with van der Waals surface area (Å²) in [6, 6.07) is 8.59. The topological polar surface area (TPSA) is 25.2 Å². The molecule has 0 aliphatic heterocycles. The molecule has 3 aromatic rings. The third kappa shape index (κ3) is 3.20. The van der Waals surface area contributed by atoms with Crippen LogP contribution in [-0.2, 0) is 0 Å². The van der Waals surface area contributed by atoms with E-state index >= 15 is 0 Å². The summed E-state index contributed by atoms with van der Waals surface area (Å²) in [6.07, 6.45) is 1.04. The zero-order valence-corrected chi connectivity index (χ0v) is 13.9. The van der Waals surface area contributed by atoms with Crippen LogP contribution >= 0.6 is 27.3 Å². The molecule has 0 amide bonds. The molecule has 1 unspecified atom stereocenters. The van der Waals surface area contributed by atoms with E-state index in [0.29, 0.717) is 5.58 Å². The molecule has 1 N–H and O–H groups in total. The minimum Gasteiger partial charge on any atom is -0.459 e. The van der Waals surface area contributed by atoms with Gasteiger partial charge < -0.3 is 9.73 Å². The van der Waals surface area contributed by atoms with Gasteiger partial charge in [-0.2, -0.15) is 0 Å². The molecule has 2 aromatic heterocycles. The number of hydrogen-bond acceptors (Lipinski definition) is 3. The van der Waals surface area contributed by atoms with Gasteiger partial charge in [0.05, 0.1) is 9.83 Å². The van der Waals surface area contributed by atoms with Gasteiger partial charge in [0.15, 0.2) is 0 Å². The summed E-state index contributed by atoms with van der Waals surface area (Å²) in [7, 11) is 0. The lowest BCUT2D eigenvalue weighted by Crippen LogP contribution is -2.22. The Balaban J connectivity index is 2.00. The van der Waals surface area contributed by atoms with Crippen molar-refractivity contribution in [3.8, 4) is 0 Å². The summed E-state index contributed by atoms with van der Waals surface area (Å²) in [4.78, 5) is 0. The predicted octanol–water partition coefficient (Wildman–Crippen LogP) is 5.48. The Morgan fingerprint density at radius 2 is 2.19 bits per heavy atom. The van der Waals surface area contributed by atoms with Crippen molar-refractivity contribution in [3.63, 3.8) is 0 Å². The molecule has 2 nitrogen and oxygen atoms in total. The number of halogens is 2. The number of rotatable bonds is 5. The van der Waals surface area contributed by atoms with Crippen LogP contribution in [0.15, 0.2) is 43.9 Å². The molecule has 0 aliphatic carbocycles. The molecule has 0 radical (unpaired) electrons. The lowest BCUT2D eigenvalue weighted by Gasteiger charge is -2.14. The van der Waals surface area contributed by atoms with E-state index in [9.17, 15) is 4.39 Å². The van der Waals surface area contributed by atoms with E-state index in [1.807, 2.05) is 6.07 Å². The van der Waals surface area contributed by atoms with Gasteiger partial charge in [0.1, 0.15) is 17.2 Å². The summed E-state index contributed by atoms with van der Waals surface area (Å²) in [5, 5.41) is 6.39. The van der Waals surface area contributed by atoms with E-state index in [-0.39, 0.29) is 11.9 Å². The maximum Gasteiger partial charge on any atom is 0.134 e. The molecule has 0 saturated heterocycles. The number of furan rings is 1. The van der Waals surface area contributed by atoms with E-state index < -0.39 is 0 Å². The van der Waals surface area contributed by atoms with Crippen molar-refractivity contribution in [1.82, 2.24) is 5.32 Å². The molecular formula is C16H15BrFNOS. The van der Waals surface area contributed by atoms with E-state index in [1.54, 1.807) is 17.4 Å². The summed E-state index contributed by atoms with van der Waals surface area (Å²) >= 11 is 5.14. The SMILES string of the molecule is CCCNC(c1csc(Br)c1)c1cc2cc(F)ccc2o1. The zero-order chi connectivity index (χ0) is 14.8. The molecular weight excluding hydrogens is 353 g/mol. The van der Waals surface area contributed by atoms with E-state index in [4.69, 9.17) is 4.42 Å². The molecule has 3 rings (SSSR count). The quantitative estimate of drug-likeness (QED) is 0.645. The number of thiophene rings is 1. The Hall–Kier alpha value is -1.17. The fourth-order valence-corrected chi connectivity index (χ4v) is 3.52. The molecule has 1 aromatic carbocycles. The third-order valence-electron chi connectivity index (χ3n) is 3.30. The van der Waals surface area contributed by atoms with Crippen LogP contribution in [0.5, 0.6) is 0 Å². The number of benzene rings is 1. The van der Waals surface area contributed by atoms with E-state index in [1.165, 1.54) is 12.1 Å². The normalized spacial score (nSPS) is 12.9. The first kappa shape index (κ1) is 14.8. The van der Waals surface area contributed by atoms with Crippen LogP contribution in [-0.4, -0.2) is 6.54 Å². The first-order valence-corrected chi connectivity index (χ1v) is 8.51. The smallest absolute Gasteiger partial charge is 0.134 e. The van der Waals surface area contributed by atoms with Crippen LogP contribution in [0.1, 0.15) is 30.7 Å². The molecule has 0 aliphatic rings. The Labute approximate surface area is 135 Å². The molecule has 0 spiro atoms. The highest BCUT2D eigenvalue weighted by Crippen LogP contribution is 2.32. The number of fused-ring (bicyclic) bond motifs is 1. The van der Waals surface area contributed by atoms with Crippen LogP contribution in [0, 0.1) is 5.82 Å². The second-order valence-electron chi connectivity index (χ2n) is 4.90. The highest BCUT2D eigenvalue weighted by Gasteiger charge is 2.19. The third-order valence-corrected chi connectivity index (χ3v) is 4.82. The average molecular weight is 368 g/mol. The van der Waals surface area contributed by atoms with Crippen LogP contribution in [0.2, 0.25) is 0 Å². The van der Waals surface area contributed by atoms with Gasteiger partial charge in [-0.25, -0.2) is 4.39 Å². The lowest BCUT2D eigenvalue weighted by molar-refractivity contribution is 0.470. The first-order chi connectivity index (χ1) is 10.2. The molecule has 0 saturated carbocycles. The Kier molecular flexibility index (Phi) is 4.42. The minimum atomic E-state index is -0.244. The van der Waals surface area contributed by atoms with Gasteiger partial charge in [0.2, 0.25) is 0 Å². The largest absolute Gasteiger partial charge is 0.459 e. The average Bonchev–Trinajstić information content (AvgIpc) is 3.05. The fourth-order valence-electron chi connectivity index (χ4n) is 2.32. The van der Waals surface area contributed by atoms with Crippen molar-refractivity contribution in [2.45, 2.75) is 19.4 Å². The van der Waals surface area contributed by atoms with Gasteiger partial charge >= 0.3 is 0 Å². The maximum atomic E-state index is 13.3. The molecule has 0 bridgehead atoms. The second kappa shape index (κ2) is 6.30. The molecule has 110 valence electrons. The lowest BCUT2D eigenvalue weighted by atomic mass is 10.1. The predicted molar refractivity (Wildman–Crippen MR) is 88.3 cm³/mol. The zero-order valence-electron chi connectivity index (χ0n) is 11.5. The monoisotopic (exact) mass is 367 g/mol. The van der Waals surface area contributed by atoms with Gasteiger partial charge in [-0.15, -0.1) is 11.3 Å². The highest BCUT2D eigenvalue weighted by atomic mass is 79.9. The van der Waals surface area contributed by atoms with Crippen molar-refractivity contribution < 1.29 is 8.81 Å². The molecule has 2 heterocycles. The molecule has 21 heavy (non-hydrogen) atoms. The van der Waals surface area contributed by atoms with Crippen LogP contribution in [0.3, 0.4) is 0 Å². The fraction of sp³-hybridized carbons (Fsp3) is 0.250. The van der Waals surface area contributed by atoms with E-state index in [2.05, 4.69) is 39.6 Å². The van der Waals surface area contributed by atoms with Crippen molar-refractivity contribution >= 4 is 38.2 Å². The van der Waals surface area contributed by atoms with E-state index in [0.717, 1.165) is 33.5 Å². The van der Waals surface area contributed by atoms with Crippen LogP contribution < -0.4 is 5.32 Å². The van der Waals surface area contributed by atoms with Crippen LogP contribution in [0.4, 0.5) is 4.39 Å². The summed E-state index contributed by atoms with van der Waals surface area (Å²) < 4.78 is 20.3. The van der Waals surface area contributed by atoms with Crippen LogP contribution in [0.25, 0.3) is 11.0 Å². The van der Waals surface area contributed by atoms with Crippen molar-refractivity contribution in [3.05, 3.63) is 56.6 Å². The number of nitrogens with one attached hydrogen (secondary N) is 1. The maximum absolute atomic E-state index is 13.3. The van der Waals surface area contributed by atoms with Crippen molar-refractivity contribution in [1.29, 1.82) is 0 Å². The van der Waals surface area contributed by atoms with Gasteiger partial charge in [0.25, 0.3) is 0 Å². The summed E-state index contributed by atoms with van der Waals surface area (Å²) in [5.41, 5.74) is 1.86. The second-order valence-corrected chi connectivity index (χ2v) is 7.19.